The fraction of sp³-hybridized carbons (Fsp3) is 0.278. The molecule has 1 amide bonds. The summed E-state index contributed by atoms with van der Waals surface area (Å²) in [7, 11) is 4.63. The highest BCUT2D eigenvalue weighted by molar-refractivity contribution is 5.92. The van der Waals surface area contributed by atoms with Crippen molar-refractivity contribution in [3.8, 4) is 17.2 Å². The highest BCUT2D eigenvalue weighted by Gasteiger charge is 2.23. The van der Waals surface area contributed by atoms with E-state index in [1.807, 2.05) is 0 Å². The van der Waals surface area contributed by atoms with Gasteiger partial charge in [0, 0.05) is 24.4 Å². The number of benzene rings is 1. The van der Waals surface area contributed by atoms with Gasteiger partial charge in [0.1, 0.15) is 0 Å². The van der Waals surface area contributed by atoms with E-state index in [1.165, 1.54) is 6.08 Å². The first-order valence-corrected chi connectivity index (χ1v) is 7.93. The molecule has 8 heteroatoms. The molecular weight excluding hydrogens is 336 g/mol. The highest BCUT2D eigenvalue weighted by atomic mass is 16.5. The fourth-order valence-corrected chi connectivity index (χ4v) is 2.80. The second kappa shape index (κ2) is 7.30. The number of fused-ring (bicyclic) bond motifs is 1. The van der Waals surface area contributed by atoms with Crippen LogP contribution in [0.3, 0.4) is 0 Å². The number of methoxy groups -OCH3 is 3. The molecule has 1 aliphatic rings. The Bertz CT molecular complexity index is 841. The number of carbonyl (C=O) groups is 1. The van der Waals surface area contributed by atoms with Gasteiger partial charge in [-0.25, -0.2) is 9.97 Å². The van der Waals surface area contributed by atoms with E-state index >= 15 is 0 Å². The molecule has 1 aromatic heterocycles. The van der Waals surface area contributed by atoms with Gasteiger partial charge in [0.15, 0.2) is 11.5 Å². The van der Waals surface area contributed by atoms with Crippen LogP contribution in [0.1, 0.15) is 16.8 Å². The number of nitrogens with two attached hydrogens (primary N) is 1. The van der Waals surface area contributed by atoms with Gasteiger partial charge in [-0.15, -0.1) is 0 Å². The van der Waals surface area contributed by atoms with E-state index in [9.17, 15) is 4.79 Å². The molecule has 1 aromatic carbocycles. The number of rotatable bonds is 5. The van der Waals surface area contributed by atoms with Crippen molar-refractivity contribution in [3.63, 3.8) is 0 Å². The van der Waals surface area contributed by atoms with Crippen LogP contribution >= 0.6 is 0 Å². The van der Waals surface area contributed by atoms with Crippen molar-refractivity contribution < 1.29 is 19.0 Å². The lowest BCUT2D eigenvalue weighted by atomic mass is 10.1. The molecule has 0 saturated carbocycles. The van der Waals surface area contributed by atoms with Crippen molar-refractivity contribution in [2.75, 3.05) is 27.1 Å². The maximum absolute atomic E-state index is 12.5. The molecule has 1 aliphatic heterocycles. The molecule has 0 fully saturated rings. The standard InChI is InChI=1S/C18H20N4O4/c1-24-14-6-11(7-15(25-2)17(14)26-3)4-5-16(23)22-9-12-8-20-18(19)21-13(12)10-22/h4-8H,9-10H2,1-3H3,(H2,19,20,21). The summed E-state index contributed by atoms with van der Waals surface area (Å²) in [5, 5.41) is 0. The summed E-state index contributed by atoms with van der Waals surface area (Å²) in [5.74, 6) is 1.64. The van der Waals surface area contributed by atoms with Crippen LogP contribution in [0.5, 0.6) is 17.2 Å². The molecule has 26 heavy (non-hydrogen) atoms. The summed E-state index contributed by atoms with van der Waals surface area (Å²) in [6.07, 6.45) is 4.87. The molecule has 3 rings (SSSR count). The number of amides is 1. The summed E-state index contributed by atoms with van der Waals surface area (Å²) < 4.78 is 15.9. The zero-order chi connectivity index (χ0) is 18.7. The molecule has 136 valence electrons. The van der Waals surface area contributed by atoms with Gasteiger partial charge < -0.3 is 24.8 Å². The van der Waals surface area contributed by atoms with Crippen molar-refractivity contribution in [2.24, 2.45) is 0 Å². The zero-order valence-corrected chi connectivity index (χ0v) is 14.9. The topological polar surface area (TPSA) is 99.8 Å². The lowest BCUT2D eigenvalue weighted by Gasteiger charge is -2.13. The largest absolute Gasteiger partial charge is 0.493 e. The Morgan fingerprint density at radius 3 is 2.46 bits per heavy atom. The third-order valence-corrected chi connectivity index (χ3v) is 4.09. The van der Waals surface area contributed by atoms with E-state index in [0.717, 1.165) is 16.8 Å². The van der Waals surface area contributed by atoms with Crippen LogP contribution in [0.2, 0.25) is 0 Å². The van der Waals surface area contributed by atoms with Crippen molar-refractivity contribution in [2.45, 2.75) is 13.1 Å². The van der Waals surface area contributed by atoms with Gasteiger partial charge in [0.25, 0.3) is 0 Å². The van der Waals surface area contributed by atoms with Crippen LogP contribution in [-0.2, 0) is 17.9 Å². The van der Waals surface area contributed by atoms with Gasteiger partial charge in [0.2, 0.25) is 17.6 Å². The number of anilines is 1. The van der Waals surface area contributed by atoms with E-state index in [4.69, 9.17) is 19.9 Å². The van der Waals surface area contributed by atoms with Gasteiger partial charge in [-0.2, -0.15) is 0 Å². The first-order chi connectivity index (χ1) is 12.5. The minimum atomic E-state index is -0.129. The second-order valence-electron chi connectivity index (χ2n) is 5.69. The molecule has 0 unspecified atom stereocenters. The van der Waals surface area contributed by atoms with E-state index in [1.54, 1.807) is 50.6 Å². The fourth-order valence-electron chi connectivity index (χ4n) is 2.80. The van der Waals surface area contributed by atoms with E-state index in [0.29, 0.717) is 30.3 Å². The average molecular weight is 356 g/mol. The summed E-state index contributed by atoms with van der Waals surface area (Å²) in [6, 6.07) is 3.55. The number of hydrogen-bond acceptors (Lipinski definition) is 7. The summed E-state index contributed by atoms with van der Waals surface area (Å²) in [6.45, 7) is 0.883. The van der Waals surface area contributed by atoms with Gasteiger partial charge in [0.05, 0.1) is 33.6 Å². The number of nitrogen functional groups attached to an aromatic ring is 1. The maximum atomic E-state index is 12.5. The Labute approximate surface area is 151 Å². The Morgan fingerprint density at radius 2 is 1.85 bits per heavy atom. The quantitative estimate of drug-likeness (QED) is 0.813. The molecule has 2 aromatic rings. The minimum Gasteiger partial charge on any atom is -0.493 e. The lowest BCUT2D eigenvalue weighted by Crippen LogP contribution is -2.23. The normalized spacial score (nSPS) is 13.0. The molecule has 2 N–H and O–H groups in total. The predicted octanol–water partition coefficient (Wildman–Crippen LogP) is 1.64. The van der Waals surface area contributed by atoms with Crippen LogP contribution < -0.4 is 19.9 Å². The molecule has 0 saturated heterocycles. The molecule has 0 bridgehead atoms. The second-order valence-corrected chi connectivity index (χ2v) is 5.69. The summed E-state index contributed by atoms with van der Waals surface area (Å²) in [5.41, 5.74) is 8.04. The predicted molar refractivity (Wildman–Crippen MR) is 95.8 cm³/mol. The Hall–Kier alpha value is -3.29. The molecular formula is C18H20N4O4. The van der Waals surface area contributed by atoms with Crippen molar-refractivity contribution in [1.82, 2.24) is 14.9 Å². The molecule has 8 nitrogen and oxygen atoms in total. The van der Waals surface area contributed by atoms with E-state index in [2.05, 4.69) is 9.97 Å². The number of ether oxygens (including phenoxy) is 3. The molecule has 0 aliphatic carbocycles. The summed E-state index contributed by atoms with van der Waals surface area (Å²) in [4.78, 5) is 22.3. The highest BCUT2D eigenvalue weighted by Crippen LogP contribution is 2.38. The Morgan fingerprint density at radius 1 is 1.15 bits per heavy atom. The summed E-state index contributed by atoms with van der Waals surface area (Å²) >= 11 is 0. The molecule has 2 heterocycles. The van der Waals surface area contributed by atoms with Crippen molar-refractivity contribution in [3.05, 3.63) is 41.2 Å². The third-order valence-electron chi connectivity index (χ3n) is 4.09. The molecule has 0 radical (unpaired) electrons. The van der Waals surface area contributed by atoms with Crippen LogP contribution in [0.25, 0.3) is 6.08 Å². The zero-order valence-electron chi connectivity index (χ0n) is 14.9. The number of aromatic nitrogens is 2. The minimum absolute atomic E-state index is 0.129. The van der Waals surface area contributed by atoms with Gasteiger partial charge >= 0.3 is 0 Å². The van der Waals surface area contributed by atoms with Gasteiger partial charge in [-0.3, -0.25) is 4.79 Å². The number of hydrogen-bond donors (Lipinski definition) is 1. The third kappa shape index (κ3) is 3.39. The Balaban J connectivity index is 1.77. The Kier molecular flexibility index (Phi) is 4.92. The number of nitrogens with zero attached hydrogens (tertiary/aromatic N) is 3. The molecule has 0 atom stereocenters. The monoisotopic (exact) mass is 356 g/mol. The molecule has 0 spiro atoms. The van der Waals surface area contributed by atoms with E-state index in [-0.39, 0.29) is 11.9 Å². The van der Waals surface area contributed by atoms with Gasteiger partial charge in [-0.1, -0.05) is 0 Å². The smallest absolute Gasteiger partial charge is 0.247 e. The number of carbonyl (C=O) groups excluding carboxylic acids is 1. The van der Waals surface area contributed by atoms with Crippen molar-refractivity contribution in [1.29, 1.82) is 0 Å². The van der Waals surface area contributed by atoms with E-state index < -0.39 is 0 Å². The van der Waals surface area contributed by atoms with Crippen LogP contribution in [-0.4, -0.2) is 42.1 Å². The first-order valence-electron chi connectivity index (χ1n) is 7.93. The SMILES string of the molecule is COc1cc(C=CC(=O)N2Cc3cnc(N)nc3C2)cc(OC)c1OC. The average Bonchev–Trinajstić information content (AvgIpc) is 3.08. The maximum Gasteiger partial charge on any atom is 0.247 e. The van der Waals surface area contributed by atoms with Crippen LogP contribution in [0.4, 0.5) is 5.95 Å². The lowest BCUT2D eigenvalue weighted by molar-refractivity contribution is -0.126. The first kappa shape index (κ1) is 17.5. The van der Waals surface area contributed by atoms with Crippen LogP contribution in [0.15, 0.2) is 24.4 Å². The van der Waals surface area contributed by atoms with Crippen molar-refractivity contribution >= 4 is 17.9 Å². The van der Waals surface area contributed by atoms with Gasteiger partial charge in [-0.05, 0) is 23.8 Å². The van der Waals surface area contributed by atoms with Crippen LogP contribution in [0, 0.1) is 0 Å².